The molecule has 0 aliphatic heterocycles. The summed E-state index contributed by atoms with van der Waals surface area (Å²) in [4.78, 5) is 11.9. The van der Waals surface area contributed by atoms with Crippen molar-refractivity contribution in [3.05, 3.63) is 101 Å². The van der Waals surface area contributed by atoms with Crippen molar-refractivity contribution in [1.29, 1.82) is 0 Å². The van der Waals surface area contributed by atoms with Gasteiger partial charge in [0.1, 0.15) is 12.4 Å². The fourth-order valence-corrected chi connectivity index (χ4v) is 2.44. The van der Waals surface area contributed by atoms with E-state index in [2.05, 4.69) is 10.5 Å². The highest BCUT2D eigenvalue weighted by atomic mass is 35.5. The van der Waals surface area contributed by atoms with Crippen molar-refractivity contribution < 1.29 is 9.53 Å². The Morgan fingerprint density at radius 2 is 1.65 bits per heavy atom. The molecule has 0 bridgehead atoms. The van der Waals surface area contributed by atoms with Gasteiger partial charge in [0, 0.05) is 16.1 Å². The van der Waals surface area contributed by atoms with Crippen LogP contribution in [0.4, 0.5) is 0 Å². The molecule has 0 aliphatic carbocycles. The molecule has 1 N–H and O–H groups in total. The zero-order valence-corrected chi connectivity index (χ0v) is 14.7. The van der Waals surface area contributed by atoms with Crippen LogP contribution in [0.2, 0.25) is 5.02 Å². The Labute approximate surface area is 157 Å². The molecule has 0 heterocycles. The van der Waals surface area contributed by atoms with Crippen molar-refractivity contribution >= 4 is 23.7 Å². The average Bonchev–Trinajstić information content (AvgIpc) is 2.69. The second-order valence-electron chi connectivity index (χ2n) is 5.51. The number of nitrogens with zero attached hydrogens (tertiary/aromatic N) is 1. The molecule has 4 nitrogen and oxygen atoms in total. The number of benzene rings is 3. The van der Waals surface area contributed by atoms with E-state index >= 15 is 0 Å². The van der Waals surface area contributed by atoms with Crippen LogP contribution in [0.1, 0.15) is 21.5 Å². The number of hydrazone groups is 1. The van der Waals surface area contributed by atoms with Crippen LogP contribution in [-0.2, 0) is 6.61 Å². The minimum atomic E-state index is -0.249. The monoisotopic (exact) mass is 364 g/mol. The van der Waals surface area contributed by atoms with Crippen molar-refractivity contribution in [2.24, 2.45) is 5.10 Å². The van der Waals surface area contributed by atoms with Crippen LogP contribution in [0.25, 0.3) is 0 Å². The van der Waals surface area contributed by atoms with Crippen LogP contribution in [0.15, 0.2) is 84.0 Å². The molecule has 0 saturated carbocycles. The van der Waals surface area contributed by atoms with Crippen LogP contribution in [0, 0.1) is 0 Å². The van der Waals surface area contributed by atoms with Gasteiger partial charge in [-0.3, -0.25) is 4.79 Å². The Balaban J connectivity index is 1.53. The number of nitrogens with one attached hydrogen (secondary N) is 1. The molecule has 0 aromatic heterocycles. The third-order valence-corrected chi connectivity index (χ3v) is 4.02. The molecule has 5 heteroatoms. The van der Waals surface area contributed by atoms with E-state index in [1.54, 1.807) is 30.5 Å². The van der Waals surface area contributed by atoms with Crippen molar-refractivity contribution in [2.45, 2.75) is 6.61 Å². The summed E-state index contributed by atoms with van der Waals surface area (Å²) >= 11 is 6.11. The maximum atomic E-state index is 11.9. The van der Waals surface area contributed by atoms with Gasteiger partial charge in [0.2, 0.25) is 0 Å². The predicted octanol–water partition coefficient (Wildman–Crippen LogP) is 4.68. The van der Waals surface area contributed by atoms with Crippen molar-refractivity contribution in [3.63, 3.8) is 0 Å². The van der Waals surface area contributed by atoms with Gasteiger partial charge in [-0.05, 0) is 48.0 Å². The van der Waals surface area contributed by atoms with Gasteiger partial charge in [0.05, 0.1) is 6.21 Å². The van der Waals surface area contributed by atoms with Gasteiger partial charge in [-0.1, -0.05) is 48.0 Å². The molecule has 26 heavy (non-hydrogen) atoms. The van der Waals surface area contributed by atoms with E-state index in [1.807, 2.05) is 54.6 Å². The average molecular weight is 365 g/mol. The molecule has 0 saturated heterocycles. The van der Waals surface area contributed by atoms with Crippen LogP contribution in [-0.4, -0.2) is 12.1 Å². The van der Waals surface area contributed by atoms with Gasteiger partial charge in [-0.2, -0.15) is 5.10 Å². The Kier molecular flexibility index (Phi) is 6.01. The number of carbonyl (C=O) groups excluding carboxylic acids is 1. The maximum Gasteiger partial charge on any atom is 0.271 e. The smallest absolute Gasteiger partial charge is 0.271 e. The second kappa shape index (κ2) is 8.83. The van der Waals surface area contributed by atoms with Crippen LogP contribution in [0.5, 0.6) is 5.75 Å². The summed E-state index contributed by atoms with van der Waals surface area (Å²) in [5.41, 5.74) is 4.85. The van der Waals surface area contributed by atoms with Crippen LogP contribution in [0.3, 0.4) is 0 Å². The van der Waals surface area contributed by atoms with E-state index in [-0.39, 0.29) is 5.91 Å². The number of halogens is 1. The minimum Gasteiger partial charge on any atom is -0.489 e. The molecule has 1 amide bonds. The van der Waals surface area contributed by atoms with Gasteiger partial charge >= 0.3 is 0 Å². The van der Waals surface area contributed by atoms with E-state index < -0.39 is 0 Å². The van der Waals surface area contributed by atoms with E-state index in [0.717, 1.165) is 16.9 Å². The van der Waals surface area contributed by atoms with Gasteiger partial charge in [0.25, 0.3) is 5.91 Å². The first-order valence-corrected chi connectivity index (χ1v) is 8.45. The molecule has 0 spiro atoms. The highest BCUT2D eigenvalue weighted by Gasteiger charge is 2.02. The largest absolute Gasteiger partial charge is 0.489 e. The normalized spacial score (nSPS) is 10.7. The molecule has 0 fully saturated rings. The molecular weight excluding hydrogens is 348 g/mol. The van der Waals surface area contributed by atoms with Crippen LogP contribution >= 0.6 is 11.6 Å². The Hall–Kier alpha value is -3.11. The Bertz CT molecular complexity index is 893. The minimum absolute atomic E-state index is 0.249. The summed E-state index contributed by atoms with van der Waals surface area (Å²) in [6.45, 7) is 0.403. The van der Waals surface area contributed by atoms with E-state index in [0.29, 0.717) is 17.2 Å². The third-order valence-electron chi connectivity index (χ3n) is 3.65. The molecular formula is C21H17ClN2O2. The topological polar surface area (TPSA) is 50.7 Å². The summed E-state index contributed by atoms with van der Waals surface area (Å²) in [7, 11) is 0. The molecule has 0 atom stereocenters. The maximum absolute atomic E-state index is 11.9. The van der Waals surface area contributed by atoms with Crippen molar-refractivity contribution in [2.75, 3.05) is 0 Å². The number of ether oxygens (including phenoxy) is 1. The lowest BCUT2D eigenvalue weighted by atomic mass is 10.2. The van der Waals surface area contributed by atoms with E-state index in [1.165, 1.54) is 0 Å². The Morgan fingerprint density at radius 3 is 2.38 bits per heavy atom. The lowest BCUT2D eigenvalue weighted by Crippen LogP contribution is -2.17. The summed E-state index contributed by atoms with van der Waals surface area (Å²) in [5.74, 6) is 0.483. The molecule has 3 aromatic carbocycles. The number of amides is 1. The first-order valence-electron chi connectivity index (χ1n) is 8.07. The molecule has 3 aromatic rings. The van der Waals surface area contributed by atoms with Crippen molar-refractivity contribution in [3.8, 4) is 5.75 Å². The van der Waals surface area contributed by atoms with Gasteiger partial charge in [-0.25, -0.2) is 5.43 Å². The summed E-state index contributed by atoms with van der Waals surface area (Å²) in [5, 5.41) is 4.66. The molecule has 130 valence electrons. The number of rotatable bonds is 6. The van der Waals surface area contributed by atoms with Gasteiger partial charge < -0.3 is 4.74 Å². The molecule has 0 aliphatic rings. The van der Waals surface area contributed by atoms with Gasteiger partial charge in [-0.15, -0.1) is 0 Å². The lowest BCUT2D eigenvalue weighted by Gasteiger charge is -2.07. The van der Waals surface area contributed by atoms with Crippen molar-refractivity contribution in [1.82, 2.24) is 5.43 Å². The zero-order valence-electron chi connectivity index (χ0n) is 13.9. The van der Waals surface area contributed by atoms with Crippen LogP contribution < -0.4 is 10.2 Å². The number of carbonyl (C=O) groups is 1. The Morgan fingerprint density at radius 1 is 0.962 bits per heavy atom. The number of hydrogen-bond acceptors (Lipinski definition) is 3. The second-order valence-corrected chi connectivity index (χ2v) is 5.92. The number of hydrogen-bond donors (Lipinski definition) is 1. The fraction of sp³-hybridized carbons (Fsp3) is 0.0476. The summed E-state index contributed by atoms with van der Waals surface area (Å²) in [6, 6.07) is 23.9. The summed E-state index contributed by atoms with van der Waals surface area (Å²) < 4.78 is 5.73. The molecule has 0 radical (unpaired) electrons. The third kappa shape index (κ3) is 4.94. The standard InChI is InChI=1S/C21H17ClN2O2/c22-20-9-5-4-8-18(20)15-26-19-12-10-16(11-13-19)14-23-24-21(25)17-6-2-1-3-7-17/h1-14H,15H2,(H,24,25)/b23-14-. The fourth-order valence-electron chi connectivity index (χ4n) is 2.25. The molecule has 0 unspecified atom stereocenters. The zero-order chi connectivity index (χ0) is 18.2. The first kappa shape index (κ1) is 17.7. The quantitative estimate of drug-likeness (QED) is 0.510. The summed E-state index contributed by atoms with van der Waals surface area (Å²) in [6.07, 6.45) is 1.58. The first-order chi connectivity index (χ1) is 12.7. The SMILES string of the molecule is O=C(N/N=C\c1ccc(OCc2ccccc2Cl)cc1)c1ccccc1. The van der Waals surface area contributed by atoms with Gasteiger partial charge in [0.15, 0.2) is 0 Å². The highest BCUT2D eigenvalue weighted by molar-refractivity contribution is 6.31. The molecule has 3 rings (SSSR count). The van der Waals surface area contributed by atoms with E-state index in [9.17, 15) is 4.79 Å². The predicted molar refractivity (Wildman–Crippen MR) is 104 cm³/mol. The lowest BCUT2D eigenvalue weighted by molar-refractivity contribution is 0.0955. The van der Waals surface area contributed by atoms with E-state index in [4.69, 9.17) is 16.3 Å². The highest BCUT2D eigenvalue weighted by Crippen LogP contribution is 2.18.